The minimum Gasteiger partial charge on any atom is -0.351 e. The zero-order valence-electron chi connectivity index (χ0n) is 11.8. The van der Waals surface area contributed by atoms with E-state index < -0.39 is 10.0 Å². The van der Waals surface area contributed by atoms with Crippen molar-refractivity contribution in [2.75, 3.05) is 13.6 Å². The Kier molecular flexibility index (Phi) is 5.57. The molecule has 0 bridgehead atoms. The predicted octanol–water partition coefficient (Wildman–Crippen LogP) is 2.34. The monoisotopic (exact) mass is 358 g/mol. The molecule has 0 saturated carbocycles. The third-order valence-corrected chi connectivity index (χ3v) is 6.41. The largest absolute Gasteiger partial charge is 0.351 e. The molecule has 0 aliphatic rings. The maximum atomic E-state index is 12.3. The molecule has 2 aromatic rings. The fourth-order valence-electron chi connectivity index (χ4n) is 1.73. The Hall–Kier alpha value is -1.41. The Balaban J connectivity index is 1.93. The summed E-state index contributed by atoms with van der Waals surface area (Å²) in [7, 11) is -2.32. The number of carbonyl (C=O) groups excluding carboxylic acids is 1. The topological polar surface area (TPSA) is 66.5 Å². The van der Waals surface area contributed by atoms with Crippen LogP contribution in [0.2, 0.25) is 4.34 Å². The minimum atomic E-state index is -3.69. The summed E-state index contributed by atoms with van der Waals surface area (Å²) in [6.45, 7) is 0.114. The predicted molar refractivity (Wildman–Crippen MR) is 87.4 cm³/mol. The van der Waals surface area contributed by atoms with Gasteiger partial charge >= 0.3 is 0 Å². The Morgan fingerprint density at radius 3 is 2.50 bits per heavy atom. The number of likely N-dealkylation sites (N-methyl/N-ethyl adjacent to an activating group) is 1. The lowest BCUT2D eigenvalue weighted by Crippen LogP contribution is -2.37. The lowest BCUT2D eigenvalue weighted by Gasteiger charge is -2.15. The molecule has 8 heteroatoms. The zero-order chi connectivity index (χ0) is 16.2. The van der Waals surface area contributed by atoms with Gasteiger partial charge in [0.05, 0.1) is 10.9 Å². The van der Waals surface area contributed by atoms with Crippen LogP contribution in [0.1, 0.15) is 5.56 Å². The van der Waals surface area contributed by atoms with Gasteiger partial charge in [-0.3, -0.25) is 4.79 Å². The summed E-state index contributed by atoms with van der Waals surface area (Å²) in [5, 5.41) is 2.69. The first-order valence-electron chi connectivity index (χ1n) is 6.42. The first-order chi connectivity index (χ1) is 10.4. The normalized spacial score (nSPS) is 11.6. The highest BCUT2D eigenvalue weighted by atomic mass is 35.5. The smallest absolute Gasteiger partial charge is 0.252 e. The van der Waals surface area contributed by atoms with Crippen LogP contribution in [0.3, 0.4) is 0 Å². The standard InChI is InChI=1S/C14H15ClN2O3S2/c1-17(22(19,20)14-8-7-12(15)21-14)10-13(18)16-9-11-5-3-2-4-6-11/h2-8H,9-10H2,1H3,(H,16,18). The summed E-state index contributed by atoms with van der Waals surface area (Å²) in [6.07, 6.45) is 0. The molecular weight excluding hydrogens is 344 g/mol. The molecule has 0 spiro atoms. The maximum absolute atomic E-state index is 12.3. The van der Waals surface area contributed by atoms with Gasteiger partial charge in [0.2, 0.25) is 5.91 Å². The average Bonchev–Trinajstić information content (AvgIpc) is 2.93. The number of hydrogen-bond donors (Lipinski definition) is 1. The van der Waals surface area contributed by atoms with E-state index in [9.17, 15) is 13.2 Å². The van der Waals surface area contributed by atoms with Gasteiger partial charge < -0.3 is 5.32 Å². The van der Waals surface area contributed by atoms with Gasteiger partial charge in [-0.2, -0.15) is 4.31 Å². The molecule has 5 nitrogen and oxygen atoms in total. The van der Waals surface area contributed by atoms with Crippen LogP contribution in [0.25, 0.3) is 0 Å². The number of nitrogens with zero attached hydrogens (tertiary/aromatic N) is 1. The molecule has 0 unspecified atom stereocenters. The van der Waals surface area contributed by atoms with Crippen LogP contribution in [0.15, 0.2) is 46.7 Å². The maximum Gasteiger partial charge on any atom is 0.252 e. The third-order valence-electron chi connectivity index (χ3n) is 2.91. The number of carbonyl (C=O) groups is 1. The van der Waals surface area contributed by atoms with Crippen molar-refractivity contribution in [2.24, 2.45) is 0 Å². The summed E-state index contributed by atoms with van der Waals surface area (Å²) in [5.41, 5.74) is 0.950. The van der Waals surface area contributed by atoms with Crippen LogP contribution in [0, 0.1) is 0 Å². The number of thiophene rings is 1. The molecule has 1 amide bonds. The Morgan fingerprint density at radius 1 is 1.23 bits per heavy atom. The summed E-state index contributed by atoms with van der Waals surface area (Å²) in [4.78, 5) is 11.9. The molecule has 0 aliphatic heterocycles. The fraction of sp³-hybridized carbons (Fsp3) is 0.214. The number of hydrogen-bond acceptors (Lipinski definition) is 4. The Bertz CT molecular complexity index is 744. The number of nitrogens with one attached hydrogen (secondary N) is 1. The number of rotatable bonds is 6. The van der Waals surface area contributed by atoms with E-state index >= 15 is 0 Å². The average molecular weight is 359 g/mol. The van der Waals surface area contributed by atoms with Crippen LogP contribution in [0.5, 0.6) is 0 Å². The summed E-state index contributed by atoms with van der Waals surface area (Å²) >= 11 is 6.72. The molecule has 0 aliphatic carbocycles. The summed E-state index contributed by atoms with van der Waals surface area (Å²) in [6, 6.07) is 12.3. The van der Waals surface area contributed by atoms with Gasteiger partial charge in [0, 0.05) is 13.6 Å². The lowest BCUT2D eigenvalue weighted by molar-refractivity contribution is -0.121. The first kappa shape index (κ1) is 17.0. The van der Waals surface area contributed by atoms with E-state index in [1.807, 2.05) is 30.3 Å². The van der Waals surface area contributed by atoms with Crippen molar-refractivity contribution in [3.63, 3.8) is 0 Å². The SMILES string of the molecule is CN(CC(=O)NCc1ccccc1)S(=O)(=O)c1ccc(Cl)s1. The van der Waals surface area contributed by atoms with E-state index in [0.717, 1.165) is 21.2 Å². The van der Waals surface area contributed by atoms with Crippen molar-refractivity contribution >= 4 is 38.9 Å². The zero-order valence-corrected chi connectivity index (χ0v) is 14.2. The molecule has 1 N–H and O–H groups in total. The van der Waals surface area contributed by atoms with Crippen LogP contribution < -0.4 is 5.32 Å². The van der Waals surface area contributed by atoms with E-state index in [-0.39, 0.29) is 16.7 Å². The second kappa shape index (κ2) is 7.23. The molecule has 0 saturated heterocycles. The number of sulfonamides is 1. The van der Waals surface area contributed by atoms with E-state index in [0.29, 0.717) is 10.9 Å². The molecule has 0 fully saturated rings. The minimum absolute atomic E-state index is 0.121. The first-order valence-corrected chi connectivity index (χ1v) is 9.05. The van der Waals surface area contributed by atoms with Crippen LogP contribution >= 0.6 is 22.9 Å². The van der Waals surface area contributed by atoms with E-state index in [1.54, 1.807) is 0 Å². The highest BCUT2D eigenvalue weighted by Crippen LogP contribution is 2.27. The highest BCUT2D eigenvalue weighted by molar-refractivity contribution is 7.91. The molecule has 2 rings (SSSR count). The number of halogens is 1. The summed E-state index contributed by atoms with van der Waals surface area (Å²) < 4.78 is 26.0. The van der Waals surface area contributed by atoms with E-state index in [4.69, 9.17) is 11.6 Å². The third kappa shape index (κ3) is 4.30. The second-order valence-electron chi connectivity index (χ2n) is 4.58. The van der Waals surface area contributed by atoms with Gasteiger partial charge in [0.1, 0.15) is 4.21 Å². The van der Waals surface area contributed by atoms with Crippen molar-refractivity contribution in [1.82, 2.24) is 9.62 Å². The molecule has 118 valence electrons. The van der Waals surface area contributed by atoms with Crippen molar-refractivity contribution in [3.8, 4) is 0 Å². The molecule has 22 heavy (non-hydrogen) atoms. The van der Waals surface area contributed by atoms with Crippen molar-refractivity contribution < 1.29 is 13.2 Å². The van der Waals surface area contributed by atoms with E-state index in [2.05, 4.69) is 5.32 Å². The molecule has 1 aromatic heterocycles. The number of benzene rings is 1. The molecule has 0 atom stereocenters. The fourth-order valence-corrected chi connectivity index (χ4v) is 4.55. The molecule has 1 heterocycles. The molecular formula is C14H15ClN2O3S2. The van der Waals surface area contributed by atoms with Crippen LogP contribution in [-0.4, -0.2) is 32.2 Å². The van der Waals surface area contributed by atoms with Gasteiger partial charge in [-0.1, -0.05) is 41.9 Å². The van der Waals surface area contributed by atoms with Gasteiger partial charge in [-0.15, -0.1) is 11.3 Å². The lowest BCUT2D eigenvalue weighted by atomic mass is 10.2. The number of amides is 1. The van der Waals surface area contributed by atoms with Crippen molar-refractivity contribution in [2.45, 2.75) is 10.8 Å². The van der Waals surface area contributed by atoms with Crippen molar-refractivity contribution in [3.05, 3.63) is 52.4 Å². The Labute approximate surface area is 138 Å². The van der Waals surface area contributed by atoms with Crippen LogP contribution in [-0.2, 0) is 21.4 Å². The Morgan fingerprint density at radius 2 is 1.91 bits per heavy atom. The van der Waals surface area contributed by atoms with Gasteiger partial charge in [0.15, 0.2) is 0 Å². The van der Waals surface area contributed by atoms with E-state index in [1.165, 1.54) is 19.2 Å². The van der Waals surface area contributed by atoms with Crippen molar-refractivity contribution in [1.29, 1.82) is 0 Å². The quantitative estimate of drug-likeness (QED) is 0.861. The highest BCUT2D eigenvalue weighted by Gasteiger charge is 2.24. The molecule has 1 aromatic carbocycles. The van der Waals surface area contributed by atoms with Gasteiger partial charge in [0.25, 0.3) is 10.0 Å². The second-order valence-corrected chi connectivity index (χ2v) is 8.57. The molecule has 0 radical (unpaired) electrons. The van der Waals surface area contributed by atoms with Gasteiger partial charge in [-0.25, -0.2) is 8.42 Å². The van der Waals surface area contributed by atoms with Gasteiger partial charge in [-0.05, 0) is 17.7 Å². The van der Waals surface area contributed by atoms with Crippen LogP contribution in [0.4, 0.5) is 0 Å². The summed E-state index contributed by atoms with van der Waals surface area (Å²) in [5.74, 6) is -0.363.